The predicted molar refractivity (Wildman–Crippen MR) is 136 cm³/mol. The number of rotatable bonds is 2. The molecule has 1 aliphatic heterocycles. The molecule has 0 fully saturated rings. The van der Waals surface area contributed by atoms with E-state index in [2.05, 4.69) is 20.6 Å². The van der Waals surface area contributed by atoms with E-state index in [0.29, 0.717) is 18.1 Å². The van der Waals surface area contributed by atoms with Gasteiger partial charge in [0.05, 0.1) is 18.0 Å². The molecule has 0 aliphatic carbocycles. The number of anilines is 1. The van der Waals surface area contributed by atoms with Crippen LogP contribution in [-0.2, 0) is 22.6 Å². The number of carbonyl (C=O) groups is 2. The van der Waals surface area contributed by atoms with Crippen molar-refractivity contribution in [3.63, 3.8) is 0 Å². The van der Waals surface area contributed by atoms with Crippen molar-refractivity contribution in [3.05, 3.63) is 101 Å². The van der Waals surface area contributed by atoms with Crippen molar-refractivity contribution in [1.82, 2.24) is 15.3 Å². The molecule has 1 aromatic heterocycles. The Hall–Kier alpha value is -4.26. The second-order valence-corrected chi connectivity index (χ2v) is 9.02. The maximum Gasteiger partial charge on any atom is 0.240 e. The monoisotopic (exact) mass is 465 g/mol. The number of hydrogen-bond donors (Lipinski definition) is 3. The molecule has 35 heavy (non-hydrogen) atoms. The van der Waals surface area contributed by atoms with Gasteiger partial charge in [0.15, 0.2) is 5.82 Å². The second kappa shape index (κ2) is 9.54. The molecule has 0 spiro atoms. The van der Waals surface area contributed by atoms with Crippen LogP contribution < -0.4 is 16.4 Å². The Labute approximate surface area is 203 Å². The van der Waals surface area contributed by atoms with Crippen molar-refractivity contribution in [1.29, 1.82) is 0 Å². The summed E-state index contributed by atoms with van der Waals surface area (Å²) in [6.45, 7) is 2.14. The molecule has 1 aliphatic rings. The van der Waals surface area contributed by atoms with E-state index < -0.39 is 17.9 Å². The zero-order valence-electron chi connectivity index (χ0n) is 19.4. The minimum atomic E-state index is -0.632. The maximum atomic E-state index is 13.5. The fourth-order valence-corrected chi connectivity index (χ4v) is 4.75. The number of nitrogens with two attached hydrogens (primary N) is 1. The van der Waals surface area contributed by atoms with Gasteiger partial charge in [-0.25, -0.2) is 9.97 Å². The van der Waals surface area contributed by atoms with Crippen LogP contribution in [0.15, 0.2) is 78.9 Å². The predicted octanol–water partition coefficient (Wildman–Crippen LogP) is 3.54. The molecule has 0 radical (unpaired) electrons. The topological polar surface area (TPSA) is 110 Å². The van der Waals surface area contributed by atoms with Gasteiger partial charge in [-0.05, 0) is 41.2 Å². The molecule has 3 atom stereocenters. The van der Waals surface area contributed by atoms with Gasteiger partial charge in [0.1, 0.15) is 11.9 Å². The zero-order chi connectivity index (χ0) is 24.4. The standard InChI is InChI=1S/C28H27N5O2/c1-17-14-18-8-7-11-20(15-18)24(19-9-3-2-4-10-19)28(35)30-16-23-31-22-13-6-5-12-21(22)27(32-23)33-25(17)26(29)34/h2-13,15,17,24-25H,14,16H2,1H3,(H2,29,34)(H,30,35)(H,31,32,33)/t17?,24?,25-/m0/s1. The third kappa shape index (κ3) is 4.71. The van der Waals surface area contributed by atoms with Crippen LogP contribution >= 0.6 is 0 Å². The van der Waals surface area contributed by atoms with E-state index in [-0.39, 0.29) is 18.4 Å². The summed E-state index contributed by atoms with van der Waals surface area (Å²) in [5, 5.41) is 7.10. The highest BCUT2D eigenvalue weighted by atomic mass is 16.2. The molecule has 2 unspecified atom stereocenters. The van der Waals surface area contributed by atoms with Crippen LogP contribution in [0.1, 0.15) is 35.4 Å². The van der Waals surface area contributed by atoms with Crippen LogP contribution in [0.3, 0.4) is 0 Å². The van der Waals surface area contributed by atoms with Gasteiger partial charge >= 0.3 is 0 Å². The van der Waals surface area contributed by atoms with Crippen LogP contribution in [-0.4, -0.2) is 27.8 Å². The van der Waals surface area contributed by atoms with Crippen LogP contribution in [0.2, 0.25) is 0 Å². The summed E-state index contributed by atoms with van der Waals surface area (Å²) in [7, 11) is 0. The molecule has 0 saturated heterocycles. The Morgan fingerprint density at radius 3 is 2.49 bits per heavy atom. The van der Waals surface area contributed by atoms with Crippen molar-refractivity contribution in [2.24, 2.45) is 11.7 Å². The molecular formula is C28H27N5O2. The van der Waals surface area contributed by atoms with Gasteiger partial charge in [0.2, 0.25) is 11.8 Å². The van der Waals surface area contributed by atoms with Gasteiger partial charge in [0.25, 0.3) is 0 Å². The summed E-state index contributed by atoms with van der Waals surface area (Å²) in [6, 6.07) is 24.6. The third-order valence-corrected chi connectivity index (χ3v) is 6.48. The summed E-state index contributed by atoms with van der Waals surface area (Å²) >= 11 is 0. The van der Waals surface area contributed by atoms with Crippen molar-refractivity contribution >= 4 is 28.5 Å². The zero-order valence-corrected chi connectivity index (χ0v) is 19.4. The lowest BCUT2D eigenvalue weighted by atomic mass is 9.87. The van der Waals surface area contributed by atoms with E-state index in [1.54, 1.807) is 0 Å². The van der Waals surface area contributed by atoms with E-state index in [0.717, 1.165) is 27.6 Å². The Bertz CT molecular complexity index is 1390. The summed E-state index contributed by atoms with van der Waals surface area (Å²) in [5.41, 5.74) is 9.38. The first-order valence-corrected chi connectivity index (χ1v) is 11.7. The molecule has 4 aromatic rings. The summed E-state index contributed by atoms with van der Waals surface area (Å²) in [5.74, 6) is -0.194. The Kier molecular flexibility index (Phi) is 6.14. The minimum Gasteiger partial charge on any atom is -0.368 e. The molecular weight excluding hydrogens is 438 g/mol. The fourth-order valence-electron chi connectivity index (χ4n) is 4.75. The van der Waals surface area contributed by atoms with Crippen molar-refractivity contribution in [2.45, 2.75) is 31.8 Å². The van der Waals surface area contributed by atoms with Gasteiger partial charge in [-0.2, -0.15) is 0 Å². The number of carbonyl (C=O) groups excluding carboxylic acids is 2. The van der Waals surface area contributed by atoms with E-state index in [1.807, 2.05) is 85.8 Å². The highest BCUT2D eigenvalue weighted by Gasteiger charge is 2.27. The lowest BCUT2D eigenvalue weighted by Crippen LogP contribution is -2.42. The van der Waals surface area contributed by atoms with Crippen molar-refractivity contribution in [3.8, 4) is 0 Å². The minimum absolute atomic E-state index is 0.119. The van der Waals surface area contributed by atoms with Crippen molar-refractivity contribution < 1.29 is 9.59 Å². The lowest BCUT2D eigenvalue weighted by Gasteiger charge is -2.25. The first kappa shape index (κ1) is 22.5. The van der Waals surface area contributed by atoms with Crippen molar-refractivity contribution in [2.75, 3.05) is 5.32 Å². The average molecular weight is 466 g/mol. The molecule has 176 valence electrons. The van der Waals surface area contributed by atoms with Crippen LogP contribution in [0.5, 0.6) is 0 Å². The number of fused-ring (bicyclic) bond motifs is 6. The Morgan fingerprint density at radius 1 is 0.943 bits per heavy atom. The number of hydrogen-bond acceptors (Lipinski definition) is 5. The van der Waals surface area contributed by atoms with E-state index in [9.17, 15) is 9.59 Å². The molecule has 4 N–H and O–H groups in total. The molecule has 7 nitrogen and oxygen atoms in total. The van der Waals surface area contributed by atoms with E-state index in [4.69, 9.17) is 5.73 Å². The van der Waals surface area contributed by atoms with Crippen LogP contribution in [0, 0.1) is 5.92 Å². The molecule has 5 rings (SSSR count). The number of aromatic nitrogens is 2. The molecule has 2 heterocycles. The fraction of sp³-hybridized carbons (Fsp3) is 0.214. The largest absolute Gasteiger partial charge is 0.368 e. The average Bonchev–Trinajstić information content (AvgIpc) is 2.86. The Morgan fingerprint density at radius 2 is 1.69 bits per heavy atom. The summed E-state index contributed by atoms with van der Waals surface area (Å²) in [4.78, 5) is 35.3. The molecule has 3 aromatic carbocycles. The molecule has 7 heteroatoms. The second-order valence-electron chi connectivity index (χ2n) is 9.02. The molecule has 4 bridgehead atoms. The summed E-state index contributed by atoms with van der Waals surface area (Å²) < 4.78 is 0. The summed E-state index contributed by atoms with van der Waals surface area (Å²) in [6.07, 6.45) is 0.605. The number of benzene rings is 3. The quantitative estimate of drug-likeness (QED) is 0.420. The van der Waals surface area contributed by atoms with Crippen LogP contribution in [0.4, 0.5) is 5.82 Å². The SMILES string of the molecule is CC1Cc2cccc(c2)C(c2ccccc2)C(=O)NCc2nc(c3ccccc3n2)N[C@@H]1C(N)=O. The van der Waals surface area contributed by atoms with Crippen LogP contribution in [0.25, 0.3) is 10.9 Å². The van der Waals surface area contributed by atoms with E-state index in [1.165, 1.54) is 0 Å². The smallest absolute Gasteiger partial charge is 0.240 e. The first-order chi connectivity index (χ1) is 17.0. The van der Waals surface area contributed by atoms with Gasteiger partial charge in [0, 0.05) is 5.39 Å². The number of primary amides is 1. The Balaban J connectivity index is 1.64. The number of amides is 2. The maximum absolute atomic E-state index is 13.5. The normalized spacial score (nSPS) is 20.4. The third-order valence-electron chi connectivity index (χ3n) is 6.48. The highest BCUT2D eigenvalue weighted by molar-refractivity contribution is 5.92. The molecule has 2 amide bonds. The molecule has 0 saturated carbocycles. The highest BCUT2D eigenvalue weighted by Crippen LogP contribution is 2.28. The number of nitrogens with zero attached hydrogens (tertiary/aromatic N) is 2. The van der Waals surface area contributed by atoms with Gasteiger partial charge in [-0.3, -0.25) is 9.59 Å². The first-order valence-electron chi connectivity index (χ1n) is 11.7. The number of para-hydroxylation sites is 1. The van der Waals surface area contributed by atoms with Gasteiger partial charge in [-0.1, -0.05) is 73.7 Å². The number of nitrogens with one attached hydrogen (secondary N) is 2. The van der Waals surface area contributed by atoms with Gasteiger partial charge < -0.3 is 16.4 Å². The van der Waals surface area contributed by atoms with E-state index >= 15 is 0 Å². The van der Waals surface area contributed by atoms with Gasteiger partial charge in [-0.15, -0.1) is 0 Å². The lowest BCUT2D eigenvalue weighted by molar-refractivity contribution is -0.122.